The van der Waals surface area contributed by atoms with Crippen molar-refractivity contribution in [1.29, 1.82) is 0 Å². The fraction of sp³-hybridized carbons (Fsp3) is 0.308. The zero-order valence-electron chi connectivity index (χ0n) is 11.7. The van der Waals surface area contributed by atoms with Crippen molar-refractivity contribution in [3.05, 3.63) is 36.4 Å². The summed E-state index contributed by atoms with van der Waals surface area (Å²) < 4.78 is 30.8. The molecule has 8 heteroatoms. The van der Waals surface area contributed by atoms with Gasteiger partial charge in [-0.05, 0) is 18.2 Å². The monoisotopic (exact) mass is 314 g/mol. The van der Waals surface area contributed by atoms with Crippen molar-refractivity contribution in [1.82, 2.24) is 4.31 Å². The minimum atomic E-state index is -4.01. The van der Waals surface area contributed by atoms with E-state index in [1.54, 1.807) is 0 Å². The SMILES string of the molecule is C=CCN(CCO)S(=O)(=O)c1cc(N)ccc1C(=O)OC. The molecule has 0 fully saturated rings. The molecule has 0 bridgehead atoms. The summed E-state index contributed by atoms with van der Waals surface area (Å²) in [6.45, 7) is 3.00. The maximum atomic E-state index is 12.6. The Morgan fingerprint density at radius 2 is 2.19 bits per heavy atom. The third-order valence-corrected chi connectivity index (χ3v) is 4.62. The van der Waals surface area contributed by atoms with Crippen molar-refractivity contribution in [3.8, 4) is 0 Å². The molecular formula is C13H18N2O5S. The first kappa shape index (κ1) is 17.2. The third-order valence-electron chi connectivity index (χ3n) is 2.71. The molecule has 3 N–H and O–H groups in total. The van der Waals surface area contributed by atoms with Crippen LogP contribution in [0.2, 0.25) is 0 Å². The van der Waals surface area contributed by atoms with Crippen LogP contribution in [0.25, 0.3) is 0 Å². The van der Waals surface area contributed by atoms with Gasteiger partial charge in [-0.15, -0.1) is 6.58 Å². The second kappa shape index (κ2) is 7.21. The Morgan fingerprint density at radius 1 is 1.52 bits per heavy atom. The van der Waals surface area contributed by atoms with Gasteiger partial charge in [-0.25, -0.2) is 13.2 Å². The van der Waals surface area contributed by atoms with E-state index < -0.39 is 16.0 Å². The summed E-state index contributed by atoms with van der Waals surface area (Å²) in [6, 6.07) is 3.89. The molecule has 0 radical (unpaired) electrons. The minimum absolute atomic E-state index is 0.00168. The van der Waals surface area contributed by atoms with Crippen LogP contribution in [-0.4, -0.2) is 50.6 Å². The molecule has 1 aromatic carbocycles. The van der Waals surface area contributed by atoms with Gasteiger partial charge < -0.3 is 15.6 Å². The molecule has 116 valence electrons. The van der Waals surface area contributed by atoms with Crippen LogP contribution >= 0.6 is 0 Å². The highest BCUT2D eigenvalue weighted by molar-refractivity contribution is 7.89. The second-order valence-corrected chi connectivity index (χ2v) is 6.03. The van der Waals surface area contributed by atoms with Gasteiger partial charge in [-0.3, -0.25) is 0 Å². The van der Waals surface area contributed by atoms with E-state index in [-0.39, 0.29) is 35.8 Å². The van der Waals surface area contributed by atoms with Crippen LogP contribution < -0.4 is 5.73 Å². The van der Waals surface area contributed by atoms with Crippen molar-refractivity contribution in [2.24, 2.45) is 0 Å². The number of nitrogens with two attached hydrogens (primary N) is 1. The molecule has 0 spiro atoms. The number of methoxy groups -OCH3 is 1. The topological polar surface area (TPSA) is 110 Å². The molecule has 0 aliphatic rings. The van der Waals surface area contributed by atoms with E-state index in [0.717, 1.165) is 11.4 Å². The number of esters is 1. The van der Waals surface area contributed by atoms with E-state index in [2.05, 4.69) is 11.3 Å². The number of anilines is 1. The molecule has 0 saturated carbocycles. The van der Waals surface area contributed by atoms with Crippen LogP contribution in [0.15, 0.2) is 35.7 Å². The van der Waals surface area contributed by atoms with Gasteiger partial charge in [0, 0.05) is 18.8 Å². The Bertz CT molecular complexity index is 627. The first-order chi connectivity index (χ1) is 9.88. The molecule has 0 heterocycles. The zero-order chi connectivity index (χ0) is 16.0. The van der Waals surface area contributed by atoms with E-state index >= 15 is 0 Å². The smallest absolute Gasteiger partial charge is 0.339 e. The summed E-state index contributed by atoms with van der Waals surface area (Å²) in [5.41, 5.74) is 5.69. The summed E-state index contributed by atoms with van der Waals surface area (Å²) in [7, 11) is -2.86. The Morgan fingerprint density at radius 3 is 2.71 bits per heavy atom. The third kappa shape index (κ3) is 3.81. The molecule has 0 aliphatic heterocycles. The molecule has 0 saturated heterocycles. The molecule has 0 aromatic heterocycles. The Labute approximate surface area is 123 Å². The summed E-state index contributed by atoms with van der Waals surface area (Å²) in [6.07, 6.45) is 1.39. The number of carbonyl (C=O) groups is 1. The van der Waals surface area contributed by atoms with Crippen molar-refractivity contribution in [3.63, 3.8) is 0 Å². The van der Waals surface area contributed by atoms with Crippen molar-refractivity contribution < 1.29 is 23.1 Å². The fourth-order valence-corrected chi connectivity index (χ4v) is 3.35. The number of hydrogen-bond acceptors (Lipinski definition) is 6. The standard InChI is InChI=1S/C13H18N2O5S/c1-3-6-15(7-8-16)21(18,19)12-9-10(14)4-5-11(12)13(17)20-2/h3-5,9,16H,1,6-8,14H2,2H3. The van der Waals surface area contributed by atoms with Gasteiger partial charge in [0.15, 0.2) is 0 Å². The summed E-state index contributed by atoms with van der Waals surface area (Å²) >= 11 is 0. The van der Waals surface area contributed by atoms with Crippen LogP contribution in [0.3, 0.4) is 0 Å². The van der Waals surface area contributed by atoms with Crippen LogP contribution in [0.1, 0.15) is 10.4 Å². The van der Waals surface area contributed by atoms with Crippen LogP contribution in [0, 0.1) is 0 Å². The molecule has 7 nitrogen and oxygen atoms in total. The highest BCUT2D eigenvalue weighted by atomic mass is 32.2. The number of carbonyl (C=O) groups excluding carboxylic acids is 1. The van der Waals surface area contributed by atoms with Gasteiger partial charge in [0.05, 0.1) is 24.2 Å². The van der Waals surface area contributed by atoms with E-state index in [1.807, 2.05) is 0 Å². The van der Waals surface area contributed by atoms with Crippen molar-refractivity contribution in [2.75, 3.05) is 32.5 Å². The van der Waals surface area contributed by atoms with Crippen LogP contribution in [-0.2, 0) is 14.8 Å². The van der Waals surface area contributed by atoms with Crippen LogP contribution in [0.5, 0.6) is 0 Å². The lowest BCUT2D eigenvalue weighted by molar-refractivity contribution is 0.0596. The van der Waals surface area contributed by atoms with E-state index in [4.69, 9.17) is 10.8 Å². The normalized spacial score (nSPS) is 11.4. The van der Waals surface area contributed by atoms with E-state index in [9.17, 15) is 13.2 Å². The van der Waals surface area contributed by atoms with E-state index in [0.29, 0.717) is 0 Å². The second-order valence-electron chi connectivity index (χ2n) is 4.12. The average Bonchev–Trinajstić information content (AvgIpc) is 2.46. The first-order valence-corrected chi connectivity index (χ1v) is 7.52. The lowest BCUT2D eigenvalue weighted by Gasteiger charge is -2.21. The number of nitrogens with zero attached hydrogens (tertiary/aromatic N) is 1. The first-order valence-electron chi connectivity index (χ1n) is 6.08. The molecule has 0 atom stereocenters. The number of rotatable bonds is 7. The molecule has 1 rings (SSSR count). The van der Waals surface area contributed by atoms with Gasteiger partial charge >= 0.3 is 5.97 Å². The number of ether oxygens (including phenoxy) is 1. The lowest BCUT2D eigenvalue weighted by atomic mass is 10.2. The predicted octanol–water partition coefficient (Wildman–Crippen LogP) is 0.224. The van der Waals surface area contributed by atoms with Crippen molar-refractivity contribution in [2.45, 2.75) is 4.90 Å². The Balaban J connectivity index is 3.44. The zero-order valence-corrected chi connectivity index (χ0v) is 12.5. The van der Waals surface area contributed by atoms with Gasteiger partial charge in [-0.2, -0.15) is 4.31 Å². The van der Waals surface area contributed by atoms with Gasteiger partial charge in [0.1, 0.15) is 0 Å². The molecule has 1 aromatic rings. The fourth-order valence-electron chi connectivity index (χ4n) is 1.74. The Hall–Kier alpha value is -1.90. The number of nitrogen functional groups attached to an aromatic ring is 1. The number of hydrogen-bond donors (Lipinski definition) is 2. The van der Waals surface area contributed by atoms with E-state index in [1.165, 1.54) is 24.3 Å². The maximum absolute atomic E-state index is 12.6. The molecule has 21 heavy (non-hydrogen) atoms. The largest absolute Gasteiger partial charge is 0.465 e. The molecule has 0 unspecified atom stereocenters. The van der Waals surface area contributed by atoms with Crippen LogP contribution in [0.4, 0.5) is 5.69 Å². The minimum Gasteiger partial charge on any atom is -0.465 e. The predicted molar refractivity (Wildman–Crippen MR) is 78.2 cm³/mol. The number of sulfonamides is 1. The summed E-state index contributed by atoms with van der Waals surface area (Å²) in [4.78, 5) is 11.5. The number of benzene rings is 1. The summed E-state index contributed by atoms with van der Waals surface area (Å²) in [5.74, 6) is -0.781. The molecule has 0 aliphatic carbocycles. The van der Waals surface area contributed by atoms with Crippen molar-refractivity contribution >= 4 is 21.7 Å². The summed E-state index contributed by atoms with van der Waals surface area (Å²) in [5, 5.41) is 9.00. The lowest BCUT2D eigenvalue weighted by Crippen LogP contribution is -2.34. The number of aliphatic hydroxyl groups is 1. The highest BCUT2D eigenvalue weighted by Crippen LogP contribution is 2.23. The van der Waals surface area contributed by atoms with Gasteiger partial charge in [-0.1, -0.05) is 6.08 Å². The quantitative estimate of drug-likeness (QED) is 0.423. The highest BCUT2D eigenvalue weighted by Gasteiger charge is 2.28. The number of aliphatic hydroxyl groups excluding tert-OH is 1. The molecule has 0 amide bonds. The Kier molecular flexibility index (Phi) is 5.89. The van der Waals surface area contributed by atoms with Gasteiger partial charge in [0.25, 0.3) is 0 Å². The average molecular weight is 314 g/mol. The van der Waals surface area contributed by atoms with Gasteiger partial charge in [0.2, 0.25) is 10.0 Å². The maximum Gasteiger partial charge on any atom is 0.339 e. The molecular weight excluding hydrogens is 296 g/mol.